The van der Waals surface area contributed by atoms with Crippen molar-refractivity contribution < 1.29 is 22.7 Å². The predicted octanol–water partition coefficient (Wildman–Crippen LogP) is 5.23. The van der Waals surface area contributed by atoms with Crippen LogP contribution in [0.5, 0.6) is 0 Å². The molecule has 0 aliphatic carbocycles. The minimum absolute atomic E-state index is 0.0440. The summed E-state index contributed by atoms with van der Waals surface area (Å²) in [6, 6.07) is 13.5. The highest BCUT2D eigenvalue weighted by Gasteiger charge is 2.30. The van der Waals surface area contributed by atoms with Gasteiger partial charge < -0.3 is 20.3 Å². The molecule has 2 N–H and O–H groups in total. The van der Waals surface area contributed by atoms with Crippen LogP contribution in [0.4, 0.5) is 36.3 Å². The number of carbonyl (C=O) groups is 1. The number of hydrogen-bond acceptors (Lipinski definition) is 6. The maximum atomic E-state index is 12.8. The van der Waals surface area contributed by atoms with Crippen molar-refractivity contribution in [1.29, 1.82) is 0 Å². The SMILES string of the molecule is CN(C(=O)c1ccc(Nc2nccc(Nc3ccc(C(F)(F)F)cc3)n2)cc1)C1CCOCC1. The van der Waals surface area contributed by atoms with Gasteiger partial charge in [0.1, 0.15) is 5.82 Å². The van der Waals surface area contributed by atoms with Gasteiger partial charge in [0.15, 0.2) is 0 Å². The Hall–Kier alpha value is -3.66. The summed E-state index contributed by atoms with van der Waals surface area (Å²) in [5, 5.41) is 6.02. The summed E-state index contributed by atoms with van der Waals surface area (Å²) >= 11 is 0. The summed E-state index contributed by atoms with van der Waals surface area (Å²) in [6.07, 6.45) is -1.19. The van der Waals surface area contributed by atoms with Gasteiger partial charge in [0.05, 0.1) is 5.56 Å². The summed E-state index contributed by atoms with van der Waals surface area (Å²) < 4.78 is 43.5. The molecule has 0 saturated carbocycles. The molecule has 3 aromatic rings. The lowest BCUT2D eigenvalue weighted by Gasteiger charge is -2.31. The number of rotatable bonds is 6. The highest BCUT2D eigenvalue weighted by molar-refractivity contribution is 5.94. The number of anilines is 4. The molecule has 34 heavy (non-hydrogen) atoms. The number of aromatic nitrogens is 2. The second-order valence-corrected chi connectivity index (χ2v) is 7.93. The topological polar surface area (TPSA) is 79.4 Å². The highest BCUT2D eigenvalue weighted by Crippen LogP contribution is 2.30. The number of carbonyl (C=O) groups excluding carboxylic acids is 1. The van der Waals surface area contributed by atoms with E-state index in [2.05, 4.69) is 20.6 Å². The van der Waals surface area contributed by atoms with E-state index in [0.717, 1.165) is 25.0 Å². The van der Waals surface area contributed by atoms with E-state index in [1.54, 1.807) is 35.2 Å². The van der Waals surface area contributed by atoms with Gasteiger partial charge in [0.2, 0.25) is 5.95 Å². The second-order valence-electron chi connectivity index (χ2n) is 7.93. The zero-order chi connectivity index (χ0) is 24.1. The Morgan fingerprint density at radius 3 is 2.24 bits per heavy atom. The summed E-state index contributed by atoms with van der Waals surface area (Å²) in [7, 11) is 1.81. The van der Waals surface area contributed by atoms with Crippen LogP contribution in [-0.4, -0.2) is 47.1 Å². The van der Waals surface area contributed by atoms with Crippen molar-refractivity contribution in [2.75, 3.05) is 30.9 Å². The number of nitrogens with zero attached hydrogens (tertiary/aromatic N) is 3. The molecule has 2 heterocycles. The predicted molar refractivity (Wildman–Crippen MR) is 122 cm³/mol. The van der Waals surface area contributed by atoms with E-state index in [4.69, 9.17) is 4.74 Å². The Kier molecular flexibility index (Phi) is 6.97. The normalized spacial score (nSPS) is 14.5. The minimum atomic E-state index is -4.38. The van der Waals surface area contributed by atoms with Crippen molar-refractivity contribution in [3.63, 3.8) is 0 Å². The van der Waals surface area contributed by atoms with Crippen molar-refractivity contribution in [1.82, 2.24) is 14.9 Å². The van der Waals surface area contributed by atoms with E-state index < -0.39 is 11.7 Å². The van der Waals surface area contributed by atoms with E-state index in [9.17, 15) is 18.0 Å². The molecule has 1 amide bonds. The Morgan fingerprint density at radius 1 is 0.971 bits per heavy atom. The lowest BCUT2D eigenvalue weighted by atomic mass is 10.1. The van der Waals surface area contributed by atoms with Crippen molar-refractivity contribution in [2.45, 2.75) is 25.1 Å². The van der Waals surface area contributed by atoms with Crippen LogP contribution in [0.3, 0.4) is 0 Å². The van der Waals surface area contributed by atoms with Crippen LogP contribution in [0.15, 0.2) is 60.8 Å². The number of nitrogens with one attached hydrogen (secondary N) is 2. The summed E-state index contributed by atoms with van der Waals surface area (Å²) in [6.45, 7) is 1.33. The molecular formula is C24H24F3N5O2. The Morgan fingerprint density at radius 2 is 1.59 bits per heavy atom. The largest absolute Gasteiger partial charge is 0.416 e. The van der Waals surface area contributed by atoms with Crippen molar-refractivity contribution >= 4 is 29.0 Å². The zero-order valence-corrected chi connectivity index (χ0v) is 18.5. The van der Waals surface area contributed by atoms with Gasteiger partial charge in [-0.3, -0.25) is 4.79 Å². The van der Waals surface area contributed by atoms with Gasteiger partial charge in [0.25, 0.3) is 5.91 Å². The van der Waals surface area contributed by atoms with E-state index in [-0.39, 0.29) is 11.9 Å². The minimum Gasteiger partial charge on any atom is -0.381 e. The summed E-state index contributed by atoms with van der Waals surface area (Å²) in [5.74, 6) is 0.676. The lowest BCUT2D eigenvalue weighted by molar-refractivity contribution is -0.137. The van der Waals surface area contributed by atoms with Crippen molar-refractivity contribution in [2.24, 2.45) is 0 Å². The molecule has 7 nitrogen and oxygen atoms in total. The molecule has 0 bridgehead atoms. The first-order chi connectivity index (χ1) is 16.3. The van der Waals surface area contributed by atoms with Crippen LogP contribution < -0.4 is 10.6 Å². The van der Waals surface area contributed by atoms with Crippen LogP contribution in [0, 0.1) is 0 Å². The monoisotopic (exact) mass is 471 g/mol. The van der Waals surface area contributed by atoms with Gasteiger partial charge in [-0.05, 0) is 67.4 Å². The molecular weight excluding hydrogens is 447 g/mol. The van der Waals surface area contributed by atoms with Gasteiger partial charge in [-0.15, -0.1) is 0 Å². The molecule has 0 unspecified atom stereocenters. The first-order valence-corrected chi connectivity index (χ1v) is 10.8. The quantitative estimate of drug-likeness (QED) is 0.512. The maximum Gasteiger partial charge on any atom is 0.416 e. The van der Waals surface area contributed by atoms with Crippen LogP contribution in [-0.2, 0) is 10.9 Å². The third-order valence-corrected chi connectivity index (χ3v) is 5.59. The first-order valence-electron chi connectivity index (χ1n) is 10.8. The van der Waals surface area contributed by atoms with E-state index >= 15 is 0 Å². The Balaban J connectivity index is 1.38. The van der Waals surface area contributed by atoms with Crippen LogP contribution in [0.25, 0.3) is 0 Å². The van der Waals surface area contributed by atoms with E-state index in [1.165, 1.54) is 18.3 Å². The first kappa shape index (κ1) is 23.5. The molecule has 178 valence electrons. The highest BCUT2D eigenvalue weighted by atomic mass is 19.4. The Bertz CT molecular complexity index is 1110. The molecule has 1 aromatic heterocycles. The maximum absolute atomic E-state index is 12.8. The van der Waals surface area contributed by atoms with Gasteiger partial charge in [-0.25, -0.2) is 4.98 Å². The second kappa shape index (κ2) is 10.1. The average molecular weight is 471 g/mol. The fourth-order valence-electron chi connectivity index (χ4n) is 3.65. The summed E-state index contributed by atoms with van der Waals surface area (Å²) in [4.78, 5) is 23.1. The third-order valence-electron chi connectivity index (χ3n) is 5.59. The average Bonchev–Trinajstić information content (AvgIpc) is 2.84. The number of alkyl halides is 3. The lowest BCUT2D eigenvalue weighted by Crippen LogP contribution is -2.40. The fourth-order valence-corrected chi connectivity index (χ4v) is 3.65. The molecule has 1 saturated heterocycles. The zero-order valence-electron chi connectivity index (χ0n) is 18.5. The number of halogens is 3. The third kappa shape index (κ3) is 5.82. The molecule has 0 spiro atoms. The number of ether oxygens (including phenoxy) is 1. The molecule has 1 aliphatic heterocycles. The van der Waals surface area contributed by atoms with Crippen molar-refractivity contribution in [3.8, 4) is 0 Å². The van der Waals surface area contributed by atoms with Crippen molar-refractivity contribution in [3.05, 3.63) is 71.9 Å². The molecule has 0 atom stereocenters. The van der Waals surface area contributed by atoms with Gasteiger partial charge in [-0.1, -0.05) is 0 Å². The summed E-state index contributed by atoms with van der Waals surface area (Å²) in [5.41, 5.74) is 1.02. The van der Waals surface area contributed by atoms with E-state index in [0.29, 0.717) is 41.9 Å². The van der Waals surface area contributed by atoms with Gasteiger partial charge in [0, 0.05) is 49.4 Å². The van der Waals surface area contributed by atoms with E-state index in [1.807, 2.05) is 7.05 Å². The molecule has 2 aromatic carbocycles. The standard InChI is InChI=1S/C24H24F3N5O2/c1-32(20-11-14-34-15-12-20)22(33)16-2-6-19(7-3-16)30-23-28-13-10-21(31-23)29-18-8-4-17(5-9-18)24(25,26)27/h2-10,13,20H,11-12,14-15H2,1H3,(H2,28,29,30,31). The van der Waals surface area contributed by atoms with Gasteiger partial charge >= 0.3 is 6.18 Å². The number of hydrogen-bond donors (Lipinski definition) is 2. The smallest absolute Gasteiger partial charge is 0.381 e. The molecule has 1 fully saturated rings. The molecule has 4 rings (SSSR count). The van der Waals surface area contributed by atoms with Gasteiger partial charge in [-0.2, -0.15) is 18.2 Å². The van der Waals surface area contributed by atoms with Crippen LogP contribution >= 0.6 is 0 Å². The number of amides is 1. The number of benzene rings is 2. The molecule has 10 heteroatoms. The fraction of sp³-hybridized carbons (Fsp3) is 0.292. The molecule has 1 aliphatic rings. The van der Waals surface area contributed by atoms with Crippen LogP contribution in [0.2, 0.25) is 0 Å². The molecule has 0 radical (unpaired) electrons. The Labute approximate surface area is 195 Å². The van der Waals surface area contributed by atoms with Crippen LogP contribution in [0.1, 0.15) is 28.8 Å².